The minimum absolute atomic E-state index is 0.112. The fourth-order valence-corrected chi connectivity index (χ4v) is 4.62. The summed E-state index contributed by atoms with van der Waals surface area (Å²) in [5.41, 5.74) is 5.12. The second-order valence-electron chi connectivity index (χ2n) is 6.98. The lowest BCUT2D eigenvalue weighted by Crippen LogP contribution is -2.32. The van der Waals surface area contributed by atoms with E-state index in [4.69, 9.17) is 0 Å². The van der Waals surface area contributed by atoms with Crippen molar-refractivity contribution in [3.8, 4) is 6.07 Å². The average molecular weight is 368 g/mol. The molecule has 3 rings (SSSR count). The SMILES string of the molecule is Cc1cccc(NC(C)C(=O)Nc2sc3c(c2C#N)CCCCC3)c1C. The van der Waals surface area contributed by atoms with Gasteiger partial charge in [-0.15, -0.1) is 11.3 Å². The summed E-state index contributed by atoms with van der Waals surface area (Å²) in [6.07, 6.45) is 5.46. The molecule has 5 heteroatoms. The van der Waals surface area contributed by atoms with E-state index in [2.05, 4.69) is 29.7 Å². The van der Waals surface area contributed by atoms with Crippen molar-refractivity contribution in [3.05, 3.63) is 45.3 Å². The van der Waals surface area contributed by atoms with Gasteiger partial charge in [0.25, 0.3) is 0 Å². The number of nitrogens with zero attached hydrogens (tertiary/aromatic N) is 1. The van der Waals surface area contributed by atoms with E-state index in [-0.39, 0.29) is 11.9 Å². The summed E-state index contributed by atoms with van der Waals surface area (Å²) in [6.45, 7) is 5.96. The van der Waals surface area contributed by atoms with Gasteiger partial charge in [0.1, 0.15) is 17.1 Å². The van der Waals surface area contributed by atoms with Crippen LogP contribution in [0, 0.1) is 25.2 Å². The highest BCUT2D eigenvalue weighted by Crippen LogP contribution is 2.37. The number of aryl methyl sites for hydroxylation is 2. The Morgan fingerprint density at radius 2 is 2.00 bits per heavy atom. The first-order valence-electron chi connectivity index (χ1n) is 9.19. The number of rotatable bonds is 4. The van der Waals surface area contributed by atoms with Crippen molar-refractivity contribution in [2.45, 2.75) is 58.9 Å². The maximum absolute atomic E-state index is 12.7. The van der Waals surface area contributed by atoms with Crippen molar-refractivity contribution < 1.29 is 4.79 Å². The van der Waals surface area contributed by atoms with Gasteiger partial charge in [-0.25, -0.2) is 0 Å². The molecule has 4 nitrogen and oxygen atoms in total. The fraction of sp³-hybridized carbons (Fsp3) is 0.429. The highest BCUT2D eigenvalue weighted by atomic mass is 32.1. The monoisotopic (exact) mass is 367 g/mol. The molecule has 1 aromatic heterocycles. The Morgan fingerprint density at radius 1 is 1.23 bits per heavy atom. The van der Waals surface area contributed by atoms with Gasteiger partial charge >= 0.3 is 0 Å². The third-order valence-corrected chi connectivity index (χ3v) is 6.35. The molecule has 0 aliphatic heterocycles. The second kappa shape index (κ2) is 7.92. The van der Waals surface area contributed by atoms with Crippen LogP contribution in [-0.2, 0) is 17.6 Å². The van der Waals surface area contributed by atoms with Crippen LogP contribution >= 0.6 is 11.3 Å². The minimum atomic E-state index is -0.385. The molecule has 0 radical (unpaired) electrons. The first-order valence-corrected chi connectivity index (χ1v) is 10.0. The quantitative estimate of drug-likeness (QED) is 0.752. The third-order valence-electron chi connectivity index (χ3n) is 5.14. The van der Waals surface area contributed by atoms with E-state index in [0.29, 0.717) is 10.6 Å². The molecule has 2 N–H and O–H groups in total. The van der Waals surface area contributed by atoms with Crippen molar-refractivity contribution in [3.63, 3.8) is 0 Å². The van der Waals surface area contributed by atoms with Crippen LogP contribution in [0.5, 0.6) is 0 Å². The van der Waals surface area contributed by atoms with E-state index in [1.54, 1.807) is 11.3 Å². The van der Waals surface area contributed by atoms with Crippen LogP contribution in [0.2, 0.25) is 0 Å². The Balaban J connectivity index is 1.75. The van der Waals surface area contributed by atoms with Crippen molar-refractivity contribution in [1.29, 1.82) is 5.26 Å². The normalized spacial score (nSPS) is 14.7. The number of benzene rings is 1. The first kappa shape index (κ1) is 18.5. The van der Waals surface area contributed by atoms with E-state index in [0.717, 1.165) is 42.5 Å². The smallest absolute Gasteiger partial charge is 0.247 e. The molecular formula is C21H25N3OS. The lowest BCUT2D eigenvalue weighted by atomic mass is 10.1. The molecular weight excluding hydrogens is 342 g/mol. The standard InChI is InChI=1S/C21H25N3OS/c1-13-8-7-10-18(14(13)2)23-15(3)20(25)24-21-17(12-22)16-9-5-4-6-11-19(16)26-21/h7-8,10,15,23H,4-6,9,11H2,1-3H3,(H,24,25). The molecule has 1 aromatic carbocycles. The van der Waals surface area contributed by atoms with Gasteiger partial charge < -0.3 is 10.6 Å². The Hall–Kier alpha value is -2.32. The number of carbonyl (C=O) groups excluding carboxylic acids is 1. The van der Waals surface area contributed by atoms with Crippen molar-refractivity contribution in [2.24, 2.45) is 0 Å². The number of nitriles is 1. The zero-order valence-electron chi connectivity index (χ0n) is 15.6. The molecule has 0 saturated heterocycles. The van der Waals surface area contributed by atoms with Gasteiger partial charge in [0.05, 0.1) is 5.56 Å². The average Bonchev–Trinajstić information content (AvgIpc) is 2.78. The summed E-state index contributed by atoms with van der Waals surface area (Å²) in [4.78, 5) is 14.0. The summed E-state index contributed by atoms with van der Waals surface area (Å²) >= 11 is 1.58. The van der Waals surface area contributed by atoms with Crippen molar-refractivity contribution >= 4 is 27.9 Å². The number of thiophene rings is 1. The number of nitrogens with one attached hydrogen (secondary N) is 2. The van der Waals surface area contributed by atoms with Crippen LogP contribution in [0.3, 0.4) is 0 Å². The zero-order chi connectivity index (χ0) is 18.7. The molecule has 1 heterocycles. The van der Waals surface area contributed by atoms with Gasteiger partial charge in [-0.3, -0.25) is 4.79 Å². The molecule has 0 bridgehead atoms. The lowest BCUT2D eigenvalue weighted by molar-refractivity contribution is -0.116. The molecule has 1 amide bonds. The minimum Gasteiger partial charge on any atom is -0.374 e. The summed E-state index contributed by atoms with van der Waals surface area (Å²) < 4.78 is 0. The molecule has 1 aliphatic rings. The highest BCUT2D eigenvalue weighted by Gasteiger charge is 2.22. The van der Waals surface area contributed by atoms with E-state index < -0.39 is 0 Å². The number of anilines is 2. The number of hydrogen-bond acceptors (Lipinski definition) is 4. The third kappa shape index (κ3) is 3.76. The Labute approximate surface area is 159 Å². The van der Waals surface area contributed by atoms with Crippen LogP contribution in [0.1, 0.15) is 53.3 Å². The van der Waals surface area contributed by atoms with Crippen LogP contribution < -0.4 is 10.6 Å². The Bertz CT molecular complexity index is 863. The largest absolute Gasteiger partial charge is 0.374 e. The summed E-state index contributed by atoms with van der Waals surface area (Å²) in [5, 5.41) is 16.6. The maximum Gasteiger partial charge on any atom is 0.247 e. The van der Waals surface area contributed by atoms with Crippen LogP contribution in [0.15, 0.2) is 18.2 Å². The predicted octanol–water partition coefficient (Wildman–Crippen LogP) is 4.94. The van der Waals surface area contributed by atoms with E-state index >= 15 is 0 Å². The zero-order valence-corrected chi connectivity index (χ0v) is 16.4. The van der Waals surface area contributed by atoms with Gasteiger partial charge in [-0.1, -0.05) is 18.6 Å². The first-order chi connectivity index (χ1) is 12.5. The predicted molar refractivity (Wildman–Crippen MR) is 108 cm³/mol. The van der Waals surface area contributed by atoms with Gasteiger partial charge in [0.2, 0.25) is 5.91 Å². The maximum atomic E-state index is 12.7. The van der Waals surface area contributed by atoms with Crippen LogP contribution in [-0.4, -0.2) is 11.9 Å². The van der Waals surface area contributed by atoms with Gasteiger partial charge in [-0.2, -0.15) is 5.26 Å². The topological polar surface area (TPSA) is 64.9 Å². The number of amides is 1. The van der Waals surface area contributed by atoms with E-state index in [1.807, 2.05) is 26.0 Å². The molecule has 1 aliphatic carbocycles. The second-order valence-corrected chi connectivity index (χ2v) is 8.09. The Kier molecular flexibility index (Phi) is 5.63. The van der Waals surface area contributed by atoms with Crippen molar-refractivity contribution in [1.82, 2.24) is 0 Å². The molecule has 2 aromatic rings. The summed E-state index contributed by atoms with van der Waals surface area (Å²) in [6, 6.07) is 7.96. The van der Waals surface area contributed by atoms with Crippen LogP contribution in [0.25, 0.3) is 0 Å². The van der Waals surface area contributed by atoms with Crippen molar-refractivity contribution in [2.75, 3.05) is 10.6 Å². The molecule has 0 saturated carbocycles. The molecule has 136 valence electrons. The molecule has 1 unspecified atom stereocenters. The summed E-state index contributed by atoms with van der Waals surface area (Å²) in [5.74, 6) is -0.112. The van der Waals surface area contributed by atoms with E-state index in [1.165, 1.54) is 16.9 Å². The molecule has 26 heavy (non-hydrogen) atoms. The molecule has 1 atom stereocenters. The fourth-order valence-electron chi connectivity index (χ4n) is 3.38. The van der Waals surface area contributed by atoms with Gasteiger partial charge in [-0.05, 0) is 69.2 Å². The number of carbonyl (C=O) groups is 1. The lowest BCUT2D eigenvalue weighted by Gasteiger charge is -2.17. The number of fused-ring (bicyclic) bond motifs is 1. The highest BCUT2D eigenvalue weighted by molar-refractivity contribution is 7.16. The summed E-state index contributed by atoms with van der Waals surface area (Å²) in [7, 11) is 0. The van der Waals surface area contributed by atoms with Gasteiger partial charge in [0, 0.05) is 10.6 Å². The van der Waals surface area contributed by atoms with Gasteiger partial charge in [0.15, 0.2) is 0 Å². The number of hydrogen-bond donors (Lipinski definition) is 2. The Morgan fingerprint density at radius 3 is 2.77 bits per heavy atom. The van der Waals surface area contributed by atoms with Crippen LogP contribution in [0.4, 0.5) is 10.7 Å². The molecule has 0 spiro atoms. The molecule has 0 fully saturated rings. The van der Waals surface area contributed by atoms with E-state index in [9.17, 15) is 10.1 Å².